The van der Waals surface area contributed by atoms with Gasteiger partial charge in [-0.2, -0.15) is 5.43 Å². The highest BCUT2D eigenvalue weighted by atomic mass is 16.2. The summed E-state index contributed by atoms with van der Waals surface area (Å²) in [5, 5.41) is 0. The van der Waals surface area contributed by atoms with Gasteiger partial charge in [0.2, 0.25) is 0 Å². The van der Waals surface area contributed by atoms with E-state index in [1.165, 1.54) is 4.90 Å². The van der Waals surface area contributed by atoms with Gasteiger partial charge in [-0.15, -0.1) is 6.42 Å². The van der Waals surface area contributed by atoms with Crippen molar-refractivity contribution < 1.29 is 9.39 Å². The zero-order valence-electron chi connectivity index (χ0n) is 8.09. The lowest BCUT2D eigenvalue weighted by Gasteiger charge is -2.28. The van der Waals surface area contributed by atoms with Gasteiger partial charge >= 0.3 is 6.03 Å². The quantitative estimate of drug-likeness (QED) is 0.350. The number of carbonyl (C=O) groups is 1. The smallest absolute Gasteiger partial charge is 0.327 e. The van der Waals surface area contributed by atoms with Gasteiger partial charge in [-0.25, -0.2) is 9.39 Å². The Morgan fingerprint density at radius 2 is 2.08 bits per heavy atom. The molecule has 4 nitrogen and oxygen atoms in total. The standard InChI is InChI=1S/C8H15N3O/c1-6-7-11(4,5)9-8(12)10(2)3/h1H,7H2,2-5H3/p+1. The van der Waals surface area contributed by atoms with Gasteiger partial charge in [-0.05, 0) is 5.92 Å². The highest BCUT2D eigenvalue weighted by Crippen LogP contribution is 1.90. The van der Waals surface area contributed by atoms with Gasteiger partial charge in [0, 0.05) is 14.1 Å². The van der Waals surface area contributed by atoms with Gasteiger partial charge in [-0.1, -0.05) is 0 Å². The molecule has 0 unspecified atom stereocenters. The van der Waals surface area contributed by atoms with Crippen molar-refractivity contribution in [3.05, 3.63) is 0 Å². The first-order chi connectivity index (χ1) is 5.39. The maximum absolute atomic E-state index is 11.2. The number of quaternary nitrogens is 1. The Morgan fingerprint density at radius 3 is 2.42 bits per heavy atom. The summed E-state index contributed by atoms with van der Waals surface area (Å²) in [5.74, 6) is 2.49. The monoisotopic (exact) mass is 170 g/mol. The minimum absolute atomic E-state index is 0.143. The Morgan fingerprint density at radius 1 is 1.58 bits per heavy atom. The van der Waals surface area contributed by atoms with Crippen LogP contribution >= 0.6 is 0 Å². The number of nitrogens with zero attached hydrogens (tertiary/aromatic N) is 2. The van der Waals surface area contributed by atoms with E-state index in [4.69, 9.17) is 6.42 Å². The number of hydrogen-bond donors (Lipinski definition) is 1. The molecule has 1 N–H and O–H groups in total. The third-order valence-corrected chi connectivity index (χ3v) is 1.29. The molecule has 0 aliphatic heterocycles. The summed E-state index contributed by atoms with van der Waals surface area (Å²) in [4.78, 5) is 12.6. The van der Waals surface area contributed by atoms with Crippen molar-refractivity contribution in [3.8, 4) is 12.3 Å². The lowest BCUT2D eigenvalue weighted by Crippen LogP contribution is -2.57. The van der Waals surface area contributed by atoms with Crippen molar-refractivity contribution in [3.63, 3.8) is 0 Å². The molecule has 0 aliphatic carbocycles. The molecule has 0 aromatic heterocycles. The Kier molecular flexibility index (Phi) is 3.58. The fraction of sp³-hybridized carbons (Fsp3) is 0.625. The topological polar surface area (TPSA) is 32.3 Å². The van der Waals surface area contributed by atoms with Gasteiger partial charge in [0.1, 0.15) is 0 Å². The van der Waals surface area contributed by atoms with Crippen LogP contribution in [0.15, 0.2) is 0 Å². The number of rotatable bonds is 2. The summed E-state index contributed by atoms with van der Waals surface area (Å²) in [5.41, 5.74) is 2.74. The third kappa shape index (κ3) is 3.84. The van der Waals surface area contributed by atoms with E-state index in [9.17, 15) is 4.79 Å². The predicted octanol–water partition coefficient (Wildman–Crippen LogP) is -0.118. The molecule has 0 fully saturated rings. The molecule has 0 atom stereocenters. The minimum Gasteiger partial charge on any atom is -0.327 e. The van der Waals surface area contributed by atoms with Crippen molar-refractivity contribution >= 4 is 6.03 Å². The van der Waals surface area contributed by atoms with Crippen LogP contribution in [-0.4, -0.2) is 50.3 Å². The van der Waals surface area contributed by atoms with Crippen LogP contribution in [0.3, 0.4) is 0 Å². The van der Waals surface area contributed by atoms with Crippen LogP contribution in [0.25, 0.3) is 0 Å². The third-order valence-electron chi connectivity index (χ3n) is 1.29. The molecule has 0 radical (unpaired) electrons. The normalized spacial score (nSPS) is 10.2. The second-order valence-corrected chi connectivity index (χ2v) is 3.36. The molecule has 4 heteroatoms. The zero-order chi connectivity index (χ0) is 9.78. The van der Waals surface area contributed by atoms with E-state index >= 15 is 0 Å². The maximum Gasteiger partial charge on any atom is 0.361 e. The molecular weight excluding hydrogens is 154 g/mol. The summed E-state index contributed by atoms with van der Waals surface area (Å²) in [6.45, 7) is 0.472. The highest BCUT2D eigenvalue weighted by Gasteiger charge is 2.17. The molecule has 0 aromatic rings. The maximum atomic E-state index is 11.2. The molecule has 0 heterocycles. The van der Waals surface area contributed by atoms with E-state index in [1.807, 2.05) is 14.1 Å². The largest absolute Gasteiger partial charge is 0.361 e. The molecule has 0 aliphatic rings. The van der Waals surface area contributed by atoms with E-state index in [0.29, 0.717) is 11.1 Å². The Hall–Kier alpha value is -1.21. The Balaban J connectivity index is 4.07. The second kappa shape index (κ2) is 3.98. The molecule has 0 spiro atoms. The number of nitrogens with one attached hydrogen (secondary N) is 1. The summed E-state index contributed by atoms with van der Waals surface area (Å²) < 4.78 is 0.299. The molecule has 0 bridgehead atoms. The number of amides is 2. The van der Waals surface area contributed by atoms with Gasteiger partial charge in [0.05, 0.1) is 14.1 Å². The lowest BCUT2D eigenvalue weighted by atomic mass is 10.6. The van der Waals surface area contributed by atoms with Crippen LogP contribution < -0.4 is 5.43 Å². The molecule has 12 heavy (non-hydrogen) atoms. The molecular formula is C8H16N3O+. The van der Waals surface area contributed by atoms with Crippen molar-refractivity contribution in [2.24, 2.45) is 0 Å². The van der Waals surface area contributed by atoms with Crippen LogP contribution in [0.2, 0.25) is 0 Å². The average molecular weight is 170 g/mol. The van der Waals surface area contributed by atoms with E-state index in [0.717, 1.165) is 0 Å². The van der Waals surface area contributed by atoms with E-state index in [-0.39, 0.29) is 6.03 Å². The van der Waals surface area contributed by atoms with E-state index < -0.39 is 0 Å². The number of terminal acetylenes is 1. The van der Waals surface area contributed by atoms with Gasteiger partial charge < -0.3 is 4.90 Å². The van der Waals surface area contributed by atoms with Crippen LogP contribution in [0.1, 0.15) is 0 Å². The van der Waals surface area contributed by atoms with Gasteiger partial charge in [-0.3, -0.25) is 0 Å². The Bertz CT molecular complexity index is 203. The van der Waals surface area contributed by atoms with Crippen molar-refractivity contribution in [2.45, 2.75) is 0 Å². The fourth-order valence-electron chi connectivity index (χ4n) is 0.627. The van der Waals surface area contributed by atoms with Crippen LogP contribution in [0.4, 0.5) is 4.79 Å². The predicted molar refractivity (Wildman–Crippen MR) is 48.0 cm³/mol. The minimum atomic E-state index is -0.143. The molecule has 0 rings (SSSR count). The number of carbonyl (C=O) groups excluding carboxylic acids is 1. The van der Waals surface area contributed by atoms with Crippen LogP contribution in [0.5, 0.6) is 0 Å². The summed E-state index contributed by atoms with van der Waals surface area (Å²) in [7, 11) is 7.04. The molecule has 0 saturated heterocycles. The van der Waals surface area contributed by atoms with Crippen molar-refractivity contribution in [1.29, 1.82) is 0 Å². The van der Waals surface area contributed by atoms with Crippen molar-refractivity contribution in [1.82, 2.24) is 10.3 Å². The zero-order valence-corrected chi connectivity index (χ0v) is 8.09. The van der Waals surface area contributed by atoms with Crippen molar-refractivity contribution in [2.75, 3.05) is 34.7 Å². The first-order valence-corrected chi connectivity index (χ1v) is 3.65. The highest BCUT2D eigenvalue weighted by molar-refractivity contribution is 5.72. The lowest BCUT2D eigenvalue weighted by molar-refractivity contribution is -0.918. The molecule has 0 aromatic carbocycles. The molecule has 2 amide bonds. The summed E-state index contributed by atoms with van der Waals surface area (Å²) in [6.07, 6.45) is 5.14. The van der Waals surface area contributed by atoms with E-state index in [1.54, 1.807) is 14.1 Å². The first-order valence-electron chi connectivity index (χ1n) is 3.65. The second-order valence-electron chi connectivity index (χ2n) is 3.36. The van der Waals surface area contributed by atoms with Gasteiger partial charge in [0.25, 0.3) is 0 Å². The SMILES string of the molecule is C#CC[N+](C)(C)NC(=O)N(C)C. The van der Waals surface area contributed by atoms with Gasteiger partial charge in [0.15, 0.2) is 6.54 Å². The van der Waals surface area contributed by atoms with Crippen LogP contribution in [0, 0.1) is 12.3 Å². The first kappa shape index (κ1) is 10.8. The van der Waals surface area contributed by atoms with Crippen LogP contribution in [-0.2, 0) is 0 Å². The average Bonchev–Trinajstić information content (AvgIpc) is 1.85. The fourth-order valence-corrected chi connectivity index (χ4v) is 0.627. The molecule has 68 valence electrons. The number of hydrogen-bond acceptors (Lipinski definition) is 1. The summed E-state index contributed by atoms with van der Waals surface area (Å²) in [6, 6.07) is -0.143. The molecule has 0 saturated carbocycles. The van der Waals surface area contributed by atoms with E-state index in [2.05, 4.69) is 11.3 Å². The Labute approximate surface area is 73.7 Å². The summed E-state index contributed by atoms with van der Waals surface area (Å²) >= 11 is 0. The number of urea groups is 1.